The van der Waals surface area contributed by atoms with Crippen molar-refractivity contribution in [1.29, 1.82) is 0 Å². The minimum absolute atomic E-state index is 0.843. The summed E-state index contributed by atoms with van der Waals surface area (Å²) in [5.41, 5.74) is 10.7. The third-order valence-electron chi connectivity index (χ3n) is 7.47. The van der Waals surface area contributed by atoms with Crippen LogP contribution < -0.4 is 0 Å². The van der Waals surface area contributed by atoms with E-state index in [0.29, 0.717) is 0 Å². The molecule has 0 spiro atoms. The minimum Gasteiger partial charge on any atom is -0.456 e. The van der Waals surface area contributed by atoms with Crippen molar-refractivity contribution < 1.29 is 8.83 Å². The SMILES string of the molecule is c1ccc(-c2cccc(-c3cccc(-c4ccc5oc6cc7oc8ccccc8c7cc6c5c4)c3)c2)cc1. The molecule has 6 aromatic carbocycles. The first-order valence-corrected chi connectivity index (χ1v) is 12.8. The molecule has 178 valence electrons. The summed E-state index contributed by atoms with van der Waals surface area (Å²) >= 11 is 0. The molecular formula is C36H22O2. The van der Waals surface area contributed by atoms with Gasteiger partial charge in [0.2, 0.25) is 0 Å². The van der Waals surface area contributed by atoms with Crippen LogP contribution in [0.3, 0.4) is 0 Å². The van der Waals surface area contributed by atoms with Crippen LogP contribution in [0.4, 0.5) is 0 Å². The number of benzene rings is 6. The van der Waals surface area contributed by atoms with Crippen LogP contribution in [0.2, 0.25) is 0 Å². The minimum atomic E-state index is 0.843. The Morgan fingerprint density at radius 2 is 0.763 bits per heavy atom. The molecule has 2 aromatic heterocycles. The highest BCUT2D eigenvalue weighted by molar-refractivity contribution is 6.15. The molecule has 38 heavy (non-hydrogen) atoms. The van der Waals surface area contributed by atoms with Gasteiger partial charge in [0.05, 0.1) is 0 Å². The van der Waals surface area contributed by atoms with E-state index in [9.17, 15) is 0 Å². The van der Waals surface area contributed by atoms with E-state index in [2.05, 4.69) is 115 Å². The molecule has 0 atom stereocenters. The Morgan fingerprint density at radius 1 is 0.263 bits per heavy atom. The Hall–Kier alpha value is -5.08. The maximum absolute atomic E-state index is 6.24. The van der Waals surface area contributed by atoms with E-state index in [-0.39, 0.29) is 0 Å². The molecule has 8 aromatic rings. The summed E-state index contributed by atoms with van der Waals surface area (Å²) in [5, 5.41) is 4.45. The quantitative estimate of drug-likeness (QED) is 0.248. The molecule has 0 radical (unpaired) electrons. The highest BCUT2D eigenvalue weighted by atomic mass is 16.3. The first-order valence-electron chi connectivity index (χ1n) is 12.8. The number of fused-ring (bicyclic) bond motifs is 6. The summed E-state index contributed by atoms with van der Waals surface area (Å²) < 4.78 is 12.3. The van der Waals surface area contributed by atoms with Gasteiger partial charge in [0.1, 0.15) is 22.3 Å². The van der Waals surface area contributed by atoms with Gasteiger partial charge in [-0.1, -0.05) is 91.0 Å². The fourth-order valence-electron chi connectivity index (χ4n) is 5.56. The van der Waals surface area contributed by atoms with Crippen molar-refractivity contribution in [1.82, 2.24) is 0 Å². The van der Waals surface area contributed by atoms with Gasteiger partial charge in [0, 0.05) is 27.6 Å². The van der Waals surface area contributed by atoms with Gasteiger partial charge < -0.3 is 8.83 Å². The molecule has 0 N–H and O–H groups in total. The molecule has 0 saturated carbocycles. The van der Waals surface area contributed by atoms with E-state index in [1.54, 1.807) is 0 Å². The summed E-state index contributed by atoms with van der Waals surface area (Å²) in [4.78, 5) is 0. The standard InChI is InChI=1S/C36H22O2/c1-2-8-23(9-3-1)24-10-6-11-25(18-24)26-12-7-13-27(19-26)28-16-17-34-30(20-28)32-21-31-29-14-4-5-15-33(29)37-35(31)22-36(32)38-34/h1-22H. The smallest absolute Gasteiger partial charge is 0.139 e. The fraction of sp³-hybridized carbons (Fsp3) is 0. The topological polar surface area (TPSA) is 26.3 Å². The zero-order chi connectivity index (χ0) is 25.1. The molecule has 0 bridgehead atoms. The second kappa shape index (κ2) is 8.22. The molecule has 0 amide bonds. The lowest BCUT2D eigenvalue weighted by atomic mass is 9.95. The van der Waals surface area contributed by atoms with Crippen LogP contribution in [-0.4, -0.2) is 0 Å². The summed E-state index contributed by atoms with van der Waals surface area (Å²) in [6, 6.07) is 46.9. The van der Waals surface area contributed by atoms with Crippen molar-refractivity contribution in [3.8, 4) is 33.4 Å². The fourth-order valence-corrected chi connectivity index (χ4v) is 5.56. The van der Waals surface area contributed by atoms with E-state index in [1.807, 2.05) is 18.2 Å². The largest absolute Gasteiger partial charge is 0.456 e. The zero-order valence-corrected chi connectivity index (χ0v) is 20.5. The van der Waals surface area contributed by atoms with Crippen LogP contribution >= 0.6 is 0 Å². The van der Waals surface area contributed by atoms with Crippen LogP contribution in [0.1, 0.15) is 0 Å². The van der Waals surface area contributed by atoms with Gasteiger partial charge in [-0.3, -0.25) is 0 Å². The molecule has 0 aliphatic carbocycles. The van der Waals surface area contributed by atoms with Crippen molar-refractivity contribution in [2.75, 3.05) is 0 Å². The first-order chi connectivity index (χ1) is 18.8. The molecule has 2 nitrogen and oxygen atoms in total. The normalized spacial score (nSPS) is 11.7. The number of hydrogen-bond acceptors (Lipinski definition) is 2. The molecule has 0 aliphatic rings. The van der Waals surface area contributed by atoms with Gasteiger partial charge in [-0.15, -0.1) is 0 Å². The molecule has 2 heterocycles. The zero-order valence-electron chi connectivity index (χ0n) is 20.5. The van der Waals surface area contributed by atoms with Gasteiger partial charge >= 0.3 is 0 Å². The van der Waals surface area contributed by atoms with Crippen molar-refractivity contribution >= 4 is 43.9 Å². The van der Waals surface area contributed by atoms with Gasteiger partial charge in [0.25, 0.3) is 0 Å². The maximum atomic E-state index is 6.24. The number of hydrogen-bond donors (Lipinski definition) is 0. The van der Waals surface area contributed by atoms with Crippen molar-refractivity contribution in [2.24, 2.45) is 0 Å². The Kier molecular flexibility index (Phi) is 4.55. The molecule has 8 rings (SSSR count). The maximum Gasteiger partial charge on any atom is 0.139 e. The Balaban J connectivity index is 1.24. The summed E-state index contributed by atoms with van der Waals surface area (Å²) in [7, 11) is 0. The average Bonchev–Trinajstić information content (AvgIpc) is 3.53. The highest BCUT2D eigenvalue weighted by Crippen LogP contribution is 2.38. The van der Waals surface area contributed by atoms with Crippen LogP contribution in [0.25, 0.3) is 77.3 Å². The third-order valence-corrected chi connectivity index (χ3v) is 7.47. The Morgan fingerprint density at radius 3 is 1.47 bits per heavy atom. The lowest BCUT2D eigenvalue weighted by molar-refractivity contribution is 0.656. The first kappa shape index (κ1) is 21.0. The third kappa shape index (κ3) is 3.35. The molecule has 0 unspecified atom stereocenters. The Bertz CT molecular complexity index is 2130. The van der Waals surface area contributed by atoms with Crippen molar-refractivity contribution in [2.45, 2.75) is 0 Å². The predicted octanol–water partition coefficient (Wildman–Crippen LogP) is 10.5. The van der Waals surface area contributed by atoms with Gasteiger partial charge in [-0.05, 0) is 69.8 Å². The summed E-state index contributed by atoms with van der Waals surface area (Å²) in [6.07, 6.45) is 0. The molecule has 2 heteroatoms. The van der Waals surface area contributed by atoms with E-state index < -0.39 is 0 Å². The summed E-state index contributed by atoms with van der Waals surface area (Å²) in [6.45, 7) is 0. The van der Waals surface area contributed by atoms with Crippen molar-refractivity contribution in [3.63, 3.8) is 0 Å². The van der Waals surface area contributed by atoms with Crippen LogP contribution in [0, 0.1) is 0 Å². The number of furan rings is 2. The average molecular weight is 487 g/mol. The van der Waals surface area contributed by atoms with E-state index in [1.165, 1.54) is 33.4 Å². The molecule has 0 saturated heterocycles. The van der Waals surface area contributed by atoms with Gasteiger partial charge in [-0.25, -0.2) is 0 Å². The number of para-hydroxylation sites is 1. The van der Waals surface area contributed by atoms with Crippen LogP contribution in [0.15, 0.2) is 142 Å². The van der Waals surface area contributed by atoms with E-state index in [0.717, 1.165) is 43.9 Å². The monoisotopic (exact) mass is 486 g/mol. The Labute approximate surface area is 219 Å². The van der Waals surface area contributed by atoms with Gasteiger partial charge in [-0.2, -0.15) is 0 Å². The second-order valence-electron chi connectivity index (χ2n) is 9.78. The highest BCUT2D eigenvalue weighted by Gasteiger charge is 2.14. The summed E-state index contributed by atoms with van der Waals surface area (Å²) in [5.74, 6) is 0. The van der Waals surface area contributed by atoms with Gasteiger partial charge in [0.15, 0.2) is 0 Å². The van der Waals surface area contributed by atoms with E-state index >= 15 is 0 Å². The lowest BCUT2D eigenvalue weighted by Crippen LogP contribution is -1.83. The van der Waals surface area contributed by atoms with Crippen molar-refractivity contribution in [3.05, 3.63) is 133 Å². The number of rotatable bonds is 3. The predicted molar refractivity (Wildman–Crippen MR) is 157 cm³/mol. The van der Waals surface area contributed by atoms with Crippen LogP contribution in [0.5, 0.6) is 0 Å². The van der Waals surface area contributed by atoms with E-state index in [4.69, 9.17) is 8.83 Å². The second-order valence-corrected chi connectivity index (χ2v) is 9.78. The molecule has 0 fully saturated rings. The van der Waals surface area contributed by atoms with Crippen LogP contribution in [-0.2, 0) is 0 Å². The molecule has 0 aliphatic heterocycles. The lowest BCUT2D eigenvalue weighted by Gasteiger charge is -2.09. The molecular weight excluding hydrogens is 464 g/mol.